The fraction of sp³-hybridized carbons (Fsp3) is 0.455. The van der Waals surface area contributed by atoms with Gasteiger partial charge in [-0.05, 0) is 31.7 Å². The van der Waals surface area contributed by atoms with Gasteiger partial charge >= 0.3 is 0 Å². The summed E-state index contributed by atoms with van der Waals surface area (Å²) in [6.07, 6.45) is 12.9. The first-order valence-electron chi connectivity index (χ1n) is 10.9. The quantitative estimate of drug-likeness (QED) is 0.496. The minimum Gasteiger partial charge on any atom is -0.390 e. The van der Waals surface area contributed by atoms with Crippen molar-refractivity contribution in [1.82, 2.24) is 34.2 Å². The maximum Gasteiger partial charge on any atom is 0.0999 e. The molecule has 0 aromatic carbocycles. The number of aromatic nitrogens is 7. The zero-order valence-corrected chi connectivity index (χ0v) is 17.7. The van der Waals surface area contributed by atoms with E-state index >= 15 is 0 Å². The molecule has 0 radical (unpaired) electrons. The number of aliphatic hydroxyl groups excluding tert-OH is 2. The number of hydrogen-bond acceptors (Lipinski definition) is 6. The van der Waals surface area contributed by atoms with E-state index in [1.54, 1.807) is 12.4 Å². The molecule has 31 heavy (non-hydrogen) atoms. The van der Waals surface area contributed by atoms with Crippen LogP contribution in [0.2, 0.25) is 0 Å². The van der Waals surface area contributed by atoms with Crippen molar-refractivity contribution < 1.29 is 10.2 Å². The molecule has 0 saturated heterocycles. The number of hydrogen-bond donors (Lipinski definition) is 2. The molecule has 5 rings (SSSR count). The molecule has 9 nitrogen and oxygen atoms in total. The molecule has 1 saturated carbocycles. The van der Waals surface area contributed by atoms with Crippen molar-refractivity contribution in [2.24, 2.45) is 0 Å². The lowest BCUT2D eigenvalue weighted by molar-refractivity contribution is 0.0438. The van der Waals surface area contributed by atoms with Crippen molar-refractivity contribution >= 4 is 5.52 Å². The van der Waals surface area contributed by atoms with Crippen molar-refractivity contribution in [3.8, 4) is 22.5 Å². The normalized spacial score (nSPS) is 21.5. The van der Waals surface area contributed by atoms with E-state index in [1.807, 2.05) is 38.5 Å². The minimum absolute atomic E-state index is 0.0232. The minimum atomic E-state index is -0.700. The fourth-order valence-electron chi connectivity index (χ4n) is 4.46. The van der Waals surface area contributed by atoms with Gasteiger partial charge in [-0.2, -0.15) is 15.3 Å². The predicted molar refractivity (Wildman–Crippen MR) is 115 cm³/mol. The summed E-state index contributed by atoms with van der Waals surface area (Å²) in [5.74, 6) is 0. The molecule has 0 spiro atoms. The Morgan fingerprint density at radius 2 is 1.71 bits per heavy atom. The molecule has 1 aliphatic carbocycles. The lowest BCUT2D eigenvalue weighted by Gasteiger charge is -2.12. The first-order valence-corrected chi connectivity index (χ1v) is 10.9. The standard InChI is InChI=1S/C22H27N7O2/c1-3-16(4-2)27-12-15(10-25-27)22-19-5-6-23-29(19)13-18(26-22)14-9-24-28(11-14)17-7-20(30)21(31)8-17/h5-6,9-13,16-17,20-21,30-31H,3-4,7-8H2,1-2H3/t17?,20-,21+. The van der Waals surface area contributed by atoms with Gasteiger partial charge in [0.1, 0.15) is 0 Å². The third kappa shape index (κ3) is 3.53. The summed E-state index contributed by atoms with van der Waals surface area (Å²) in [7, 11) is 0. The number of rotatable bonds is 6. The van der Waals surface area contributed by atoms with Gasteiger partial charge < -0.3 is 10.2 Å². The lowest BCUT2D eigenvalue weighted by atomic mass is 10.1. The molecule has 1 fully saturated rings. The highest BCUT2D eigenvalue weighted by molar-refractivity contribution is 5.78. The van der Waals surface area contributed by atoms with Gasteiger partial charge in [-0.1, -0.05) is 13.8 Å². The Labute approximate surface area is 180 Å². The third-order valence-corrected chi connectivity index (χ3v) is 6.32. The fourth-order valence-corrected chi connectivity index (χ4v) is 4.46. The monoisotopic (exact) mass is 421 g/mol. The highest BCUT2D eigenvalue weighted by atomic mass is 16.3. The molecule has 162 valence electrons. The molecule has 9 heteroatoms. The van der Waals surface area contributed by atoms with Crippen LogP contribution in [0.4, 0.5) is 0 Å². The van der Waals surface area contributed by atoms with E-state index < -0.39 is 12.2 Å². The zero-order chi connectivity index (χ0) is 21.5. The van der Waals surface area contributed by atoms with E-state index in [4.69, 9.17) is 4.98 Å². The highest BCUT2D eigenvalue weighted by Gasteiger charge is 2.33. The van der Waals surface area contributed by atoms with Crippen LogP contribution in [0.5, 0.6) is 0 Å². The molecule has 0 aliphatic heterocycles. The van der Waals surface area contributed by atoms with Crippen LogP contribution in [-0.2, 0) is 0 Å². The Bertz CT molecular complexity index is 1180. The van der Waals surface area contributed by atoms with Gasteiger partial charge in [0, 0.05) is 23.5 Å². The van der Waals surface area contributed by atoms with Crippen LogP contribution in [0.25, 0.3) is 28.0 Å². The highest BCUT2D eigenvalue weighted by Crippen LogP contribution is 2.32. The lowest BCUT2D eigenvalue weighted by Crippen LogP contribution is -2.17. The second-order valence-corrected chi connectivity index (χ2v) is 8.28. The molecule has 4 aromatic rings. The van der Waals surface area contributed by atoms with E-state index in [1.165, 1.54) is 0 Å². The van der Waals surface area contributed by atoms with Crippen LogP contribution < -0.4 is 0 Å². The third-order valence-electron chi connectivity index (χ3n) is 6.32. The smallest absolute Gasteiger partial charge is 0.0999 e. The molecule has 3 atom stereocenters. The Hall–Kier alpha value is -3.04. The van der Waals surface area contributed by atoms with Crippen molar-refractivity contribution in [2.75, 3.05) is 0 Å². The molecule has 0 amide bonds. The van der Waals surface area contributed by atoms with Crippen molar-refractivity contribution in [1.29, 1.82) is 0 Å². The first-order chi connectivity index (χ1) is 15.1. The Morgan fingerprint density at radius 3 is 2.45 bits per heavy atom. The number of fused-ring (bicyclic) bond motifs is 1. The molecular formula is C22H27N7O2. The van der Waals surface area contributed by atoms with E-state index in [9.17, 15) is 10.2 Å². The van der Waals surface area contributed by atoms with Crippen LogP contribution in [0.1, 0.15) is 51.6 Å². The summed E-state index contributed by atoms with van der Waals surface area (Å²) in [6, 6.07) is 2.30. The predicted octanol–water partition coefficient (Wildman–Crippen LogP) is 2.87. The van der Waals surface area contributed by atoms with E-state index in [-0.39, 0.29) is 6.04 Å². The summed E-state index contributed by atoms with van der Waals surface area (Å²) in [6.45, 7) is 4.34. The van der Waals surface area contributed by atoms with Crippen LogP contribution in [0.15, 0.2) is 43.2 Å². The summed E-state index contributed by atoms with van der Waals surface area (Å²) >= 11 is 0. The van der Waals surface area contributed by atoms with E-state index in [0.29, 0.717) is 18.9 Å². The van der Waals surface area contributed by atoms with Gasteiger partial charge in [0.25, 0.3) is 0 Å². The zero-order valence-electron chi connectivity index (χ0n) is 17.7. The van der Waals surface area contributed by atoms with Crippen molar-refractivity contribution in [2.45, 2.75) is 63.8 Å². The maximum absolute atomic E-state index is 9.86. The van der Waals surface area contributed by atoms with Crippen molar-refractivity contribution in [3.05, 3.63) is 43.2 Å². The van der Waals surface area contributed by atoms with Crippen LogP contribution >= 0.6 is 0 Å². The van der Waals surface area contributed by atoms with Gasteiger partial charge in [0.15, 0.2) is 0 Å². The second-order valence-electron chi connectivity index (χ2n) is 8.28. The molecular weight excluding hydrogens is 394 g/mol. The summed E-state index contributed by atoms with van der Waals surface area (Å²) in [4.78, 5) is 4.94. The Balaban J connectivity index is 1.52. The largest absolute Gasteiger partial charge is 0.390 e. The molecule has 2 N–H and O–H groups in total. The Kier molecular flexibility index (Phi) is 5.07. The molecule has 0 bridgehead atoms. The van der Waals surface area contributed by atoms with Gasteiger partial charge in [-0.15, -0.1) is 0 Å². The van der Waals surface area contributed by atoms with Gasteiger partial charge in [0.2, 0.25) is 0 Å². The molecule has 1 unspecified atom stereocenters. The van der Waals surface area contributed by atoms with Crippen LogP contribution in [-0.4, -0.2) is 56.6 Å². The summed E-state index contributed by atoms with van der Waals surface area (Å²) < 4.78 is 5.66. The van der Waals surface area contributed by atoms with E-state index in [2.05, 4.69) is 35.3 Å². The Morgan fingerprint density at radius 1 is 0.968 bits per heavy atom. The van der Waals surface area contributed by atoms with Crippen molar-refractivity contribution in [3.63, 3.8) is 0 Å². The van der Waals surface area contributed by atoms with Gasteiger partial charge in [-0.3, -0.25) is 9.36 Å². The molecule has 4 heterocycles. The van der Waals surface area contributed by atoms with E-state index in [0.717, 1.165) is 40.9 Å². The average Bonchev–Trinajstić information content (AvgIpc) is 3.56. The van der Waals surface area contributed by atoms with Crippen LogP contribution in [0, 0.1) is 0 Å². The SMILES string of the molecule is CCC(CC)n1cc(-c2nc(-c3cnn(C4C[C@@H](O)[C@@H](O)C4)c3)cn3nccc23)cn1. The number of aliphatic hydroxyl groups is 2. The van der Waals surface area contributed by atoms with Gasteiger partial charge in [0.05, 0.1) is 66.0 Å². The summed E-state index contributed by atoms with van der Waals surface area (Å²) in [5, 5.41) is 33.2. The molecule has 4 aromatic heterocycles. The topological polar surface area (TPSA) is 106 Å². The van der Waals surface area contributed by atoms with Gasteiger partial charge in [-0.25, -0.2) is 9.50 Å². The maximum atomic E-state index is 9.86. The second kappa shape index (κ2) is 7.90. The molecule has 1 aliphatic rings. The van der Waals surface area contributed by atoms with Crippen LogP contribution in [0.3, 0.4) is 0 Å². The average molecular weight is 422 g/mol. The first kappa shape index (κ1) is 19.9. The summed E-state index contributed by atoms with van der Waals surface area (Å²) in [5.41, 5.74) is 4.32. The number of nitrogens with zero attached hydrogens (tertiary/aromatic N) is 7.